The molecule has 0 fully saturated rings. The number of para-hydroxylation sites is 1. The van der Waals surface area contributed by atoms with E-state index in [0.29, 0.717) is 13.0 Å². The number of ether oxygens (including phenoxy) is 1. The summed E-state index contributed by atoms with van der Waals surface area (Å²) in [5, 5.41) is 13.1. The summed E-state index contributed by atoms with van der Waals surface area (Å²) in [5.41, 5.74) is 14.6. The van der Waals surface area contributed by atoms with Crippen LogP contribution in [0.2, 0.25) is 0 Å². The maximum atomic E-state index is 11.5. The summed E-state index contributed by atoms with van der Waals surface area (Å²) in [5.74, 6) is -0.927. The van der Waals surface area contributed by atoms with Gasteiger partial charge in [-0.05, 0) is 24.0 Å². The van der Waals surface area contributed by atoms with Gasteiger partial charge < -0.3 is 31.6 Å². The number of amides is 2. The highest BCUT2D eigenvalue weighted by Crippen LogP contribution is 2.45. The molecule has 2 unspecified atom stereocenters. The van der Waals surface area contributed by atoms with Crippen LogP contribution in [-0.4, -0.2) is 28.7 Å². The van der Waals surface area contributed by atoms with E-state index in [-0.39, 0.29) is 13.0 Å². The fourth-order valence-electron chi connectivity index (χ4n) is 4.40. The van der Waals surface area contributed by atoms with E-state index < -0.39 is 23.6 Å². The number of H-pyrrole nitrogens is 1. The number of urea groups is 1. The van der Waals surface area contributed by atoms with Crippen LogP contribution < -0.4 is 16.8 Å². The summed E-state index contributed by atoms with van der Waals surface area (Å²) in [6, 6.07) is 14.9. The summed E-state index contributed by atoms with van der Waals surface area (Å²) >= 11 is 0. The summed E-state index contributed by atoms with van der Waals surface area (Å²) in [4.78, 5) is 26.3. The lowest BCUT2D eigenvalue weighted by molar-refractivity contribution is -0.150. The number of benzene rings is 2. The minimum atomic E-state index is -0.943. The van der Waals surface area contributed by atoms with Gasteiger partial charge in [0.25, 0.3) is 0 Å². The van der Waals surface area contributed by atoms with Crippen molar-refractivity contribution in [1.82, 2.24) is 10.3 Å². The molecule has 7 N–H and O–H groups in total. The molecule has 2 heterocycles. The van der Waals surface area contributed by atoms with Gasteiger partial charge in [-0.25, -0.2) is 4.79 Å². The molecule has 1 aliphatic rings. The Morgan fingerprint density at radius 2 is 1.91 bits per heavy atom. The number of aliphatic carboxylic acids is 1. The number of carbonyl (C=O) groups is 2. The first-order valence-electron chi connectivity index (χ1n) is 11.1. The smallest absolute Gasteiger partial charge is 0.312 e. The number of carbonyl (C=O) groups excluding carboxylic acids is 1. The first kappa shape index (κ1) is 24.3. The van der Waals surface area contributed by atoms with Crippen LogP contribution in [0.25, 0.3) is 10.9 Å². The highest BCUT2D eigenvalue weighted by atomic mass is 16.5. The van der Waals surface area contributed by atoms with E-state index in [9.17, 15) is 14.7 Å². The molecule has 0 saturated heterocycles. The van der Waals surface area contributed by atoms with Gasteiger partial charge >= 0.3 is 12.0 Å². The van der Waals surface area contributed by atoms with Crippen LogP contribution in [0.4, 0.5) is 4.79 Å². The number of aromatic nitrogens is 1. The number of nitrogens with one attached hydrogen (secondary N) is 2. The number of nitrogens with two attached hydrogens (primary N) is 2. The van der Waals surface area contributed by atoms with Gasteiger partial charge in [-0.15, -0.1) is 0 Å². The minimum Gasteiger partial charge on any atom is -0.481 e. The Morgan fingerprint density at radius 3 is 2.45 bits per heavy atom. The van der Waals surface area contributed by atoms with E-state index in [0.717, 1.165) is 34.1 Å². The minimum absolute atomic E-state index is 0.145. The predicted molar refractivity (Wildman–Crippen MR) is 128 cm³/mol. The molecule has 2 aromatic carbocycles. The SMILES string of the molecule is CCc1cccc2c3c([nH]c12)C(CC)(CC(=O)O)OCC3NC(N)=O.NCc1ccccc1. The van der Waals surface area contributed by atoms with Crippen LogP contribution in [0.15, 0.2) is 48.5 Å². The van der Waals surface area contributed by atoms with Crippen molar-refractivity contribution in [3.05, 3.63) is 70.9 Å². The van der Waals surface area contributed by atoms with Crippen molar-refractivity contribution in [3.8, 4) is 0 Å². The fourth-order valence-corrected chi connectivity index (χ4v) is 4.40. The van der Waals surface area contributed by atoms with E-state index in [1.165, 1.54) is 5.56 Å². The zero-order valence-electron chi connectivity index (χ0n) is 19.1. The number of hydrogen-bond donors (Lipinski definition) is 5. The average Bonchev–Trinajstić information content (AvgIpc) is 3.22. The number of aryl methyl sites for hydroxylation is 1. The Balaban J connectivity index is 0.000000323. The highest BCUT2D eigenvalue weighted by molar-refractivity contribution is 5.89. The second-order valence-corrected chi connectivity index (χ2v) is 8.09. The molecule has 8 heteroatoms. The van der Waals surface area contributed by atoms with Crippen molar-refractivity contribution in [2.75, 3.05) is 6.61 Å². The van der Waals surface area contributed by atoms with Gasteiger partial charge in [-0.3, -0.25) is 4.79 Å². The number of hydrogen-bond acceptors (Lipinski definition) is 4. The normalized spacial score (nSPS) is 19.3. The zero-order chi connectivity index (χ0) is 24.0. The van der Waals surface area contributed by atoms with E-state index in [2.05, 4.69) is 17.2 Å². The molecule has 0 bridgehead atoms. The van der Waals surface area contributed by atoms with Crippen molar-refractivity contribution >= 4 is 22.9 Å². The molecule has 0 saturated carbocycles. The van der Waals surface area contributed by atoms with Crippen molar-refractivity contribution in [1.29, 1.82) is 0 Å². The summed E-state index contributed by atoms with van der Waals surface area (Å²) in [6.45, 7) is 4.79. The standard InChI is InChI=1S/C18H23N3O4.C7H9N/c1-3-10-6-5-7-11-14-12(20-17(19)24)9-25-18(4-2,8-13(22)23)16(14)21-15(10)11;8-6-7-4-2-1-3-5-7/h5-7,12,21H,3-4,8-9H2,1-2H3,(H,22,23)(H3,19,20,24);1-5H,6,8H2. The van der Waals surface area contributed by atoms with E-state index in [1.807, 2.05) is 55.5 Å². The van der Waals surface area contributed by atoms with E-state index in [1.54, 1.807) is 0 Å². The number of fused-ring (bicyclic) bond motifs is 3. The Bertz CT molecular complexity index is 1110. The largest absolute Gasteiger partial charge is 0.481 e. The highest BCUT2D eigenvalue weighted by Gasteiger charge is 2.44. The number of carboxylic acids is 1. The molecule has 4 rings (SSSR count). The fraction of sp³-hybridized carbons (Fsp3) is 0.360. The third-order valence-electron chi connectivity index (χ3n) is 6.07. The Morgan fingerprint density at radius 1 is 1.18 bits per heavy atom. The van der Waals surface area contributed by atoms with Crippen molar-refractivity contribution < 1.29 is 19.4 Å². The maximum Gasteiger partial charge on any atom is 0.312 e. The molecular formula is C25H32N4O4. The van der Waals surface area contributed by atoms with Crippen molar-refractivity contribution in [2.24, 2.45) is 11.5 Å². The summed E-state index contributed by atoms with van der Waals surface area (Å²) < 4.78 is 5.99. The van der Waals surface area contributed by atoms with Gasteiger partial charge in [0, 0.05) is 23.0 Å². The summed E-state index contributed by atoms with van der Waals surface area (Å²) in [7, 11) is 0. The molecule has 2 amide bonds. The lowest BCUT2D eigenvalue weighted by Gasteiger charge is -2.39. The lowest BCUT2D eigenvalue weighted by Crippen LogP contribution is -2.44. The second-order valence-electron chi connectivity index (χ2n) is 8.09. The first-order valence-corrected chi connectivity index (χ1v) is 11.1. The molecule has 0 spiro atoms. The van der Waals surface area contributed by atoms with Crippen LogP contribution in [0.5, 0.6) is 0 Å². The monoisotopic (exact) mass is 452 g/mol. The Hall–Kier alpha value is -3.36. The van der Waals surface area contributed by atoms with Crippen LogP contribution in [0.1, 0.15) is 55.1 Å². The zero-order valence-corrected chi connectivity index (χ0v) is 19.1. The molecule has 33 heavy (non-hydrogen) atoms. The predicted octanol–water partition coefficient (Wildman–Crippen LogP) is 3.70. The average molecular weight is 453 g/mol. The van der Waals surface area contributed by atoms with E-state index in [4.69, 9.17) is 16.2 Å². The molecule has 1 aromatic heterocycles. The van der Waals surface area contributed by atoms with Crippen molar-refractivity contribution in [2.45, 2.75) is 51.3 Å². The molecule has 0 radical (unpaired) electrons. The number of aromatic amines is 1. The number of carboxylic acid groups (broad SMARTS) is 1. The molecule has 1 aliphatic heterocycles. The Labute approximate surface area is 193 Å². The van der Waals surface area contributed by atoms with E-state index >= 15 is 0 Å². The van der Waals surface area contributed by atoms with Gasteiger partial charge in [0.1, 0.15) is 5.60 Å². The molecule has 176 valence electrons. The topological polar surface area (TPSA) is 143 Å². The van der Waals surface area contributed by atoms with Crippen LogP contribution in [-0.2, 0) is 28.1 Å². The maximum absolute atomic E-state index is 11.5. The molecule has 2 atom stereocenters. The Kier molecular flexibility index (Phi) is 7.73. The summed E-state index contributed by atoms with van der Waals surface area (Å²) in [6.07, 6.45) is 1.20. The molecule has 3 aromatic rings. The second kappa shape index (κ2) is 10.5. The third kappa shape index (κ3) is 5.18. The van der Waals surface area contributed by atoms with Gasteiger partial charge in [0.15, 0.2) is 0 Å². The third-order valence-corrected chi connectivity index (χ3v) is 6.07. The van der Waals surface area contributed by atoms with Gasteiger partial charge in [-0.2, -0.15) is 0 Å². The molecular weight excluding hydrogens is 420 g/mol. The quantitative estimate of drug-likeness (QED) is 0.387. The van der Waals surface area contributed by atoms with Gasteiger partial charge in [0.2, 0.25) is 0 Å². The molecule has 8 nitrogen and oxygen atoms in total. The van der Waals surface area contributed by atoms with Crippen LogP contribution in [0.3, 0.4) is 0 Å². The van der Waals surface area contributed by atoms with Crippen LogP contribution in [0, 0.1) is 0 Å². The lowest BCUT2D eigenvalue weighted by atomic mass is 9.84. The first-order chi connectivity index (χ1) is 15.8. The van der Waals surface area contributed by atoms with Crippen LogP contribution >= 0.6 is 0 Å². The molecule has 0 aliphatic carbocycles. The number of rotatable bonds is 6. The van der Waals surface area contributed by atoms with Crippen molar-refractivity contribution in [3.63, 3.8) is 0 Å². The van der Waals surface area contributed by atoms with Gasteiger partial charge in [-0.1, -0.05) is 62.4 Å². The number of primary amides is 1. The van der Waals surface area contributed by atoms with Gasteiger partial charge in [0.05, 0.1) is 24.8 Å².